The largest absolute Gasteiger partial charge is 0.489 e. The van der Waals surface area contributed by atoms with E-state index in [9.17, 15) is 0 Å². The minimum atomic E-state index is 0.145. The molecule has 0 fully saturated rings. The molecule has 4 heteroatoms. The summed E-state index contributed by atoms with van der Waals surface area (Å²) in [7, 11) is 0. The Morgan fingerprint density at radius 2 is 1.95 bits per heavy atom. The first-order chi connectivity index (χ1) is 10.5. The van der Waals surface area contributed by atoms with Crippen LogP contribution in [-0.2, 0) is 0 Å². The molecule has 0 aromatic heterocycles. The minimum Gasteiger partial charge on any atom is -0.489 e. The Bertz CT molecular complexity index is 683. The van der Waals surface area contributed by atoms with Gasteiger partial charge in [-0.05, 0) is 61.7 Å². The lowest BCUT2D eigenvalue weighted by molar-refractivity contribution is 0.217. The van der Waals surface area contributed by atoms with Crippen LogP contribution in [0.5, 0.6) is 5.75 Å². The van der Waals surface area contributed by atoms with E-state index in [1.54, 1.807) is 6.21 Å². The van der Waals surface area contributed by atoms with E-state index in [0.29, 0.717) is 15.8 Å². The zero-order valence-corrected chi connectivity index (χ0v) is 14.4. The molecule has 0 saturated heterocycles. The highest BCUT2D eigenvalue weighted by Gasteiger charge is 2.06. The van der Waals surface area contributed by atoms with Crippen LogP contribution in [0.2, 0.25) is 10.0 Å². The van der Waals surface area contributed by atoms with Gasteiger partial charge in [0.05, 0.1) is 16.8 Å². The summed E-state index contributed by atoms with van der Waals surface area (Å²) in [5.41, 5.74) is 2.84. The van der Waals surface area contributed by atoms with Crippen molar-refractivity contribution >= 4 is 35.1 Å². The van der Waals surface area contributed by atoms with Crippen LogP contribution < -0.4 is 4.74 Å². The lowest BCUT2D eigenvalue weighted by Crippen LogP contribution is -2.09. The molecule has 0 bridgehead atoms. The molecule has 2 nitrogen and oxygen atoms in total. The summed E-state index contributed by atoms with van der Waals surface area (Å²) in [5.74, 6) is 0.701. The number of hydrogen-bond donors (Lipinski definition) is 0. The number of halogens is 2. The van der Waals surface area contributed by atoms with Crippen molar-refractivity contribution in [1.29, 1.82) is 0 Å². The van der Waals surface area contributed by atoms with Crippen molar-refractivity contribution in [2.24, 2.45) is 4.99 Å². The molecule has 2 rings (SSSR count). The molecule has 22 heavy (non-hydrogen) atoms. The topological polar surface area (TPSA) is 21.6 Å². The second kappa shape index (κ2) is 7.66. The Morgan fingerprint density at radius 3 is 2.64 bits per heavy atom. The Kier molecular flexibility index (Phi) is 5.87. The van der Waals surface area contributed by atoms with Crippen molar-refractivity contribution in [3.8, 4) is 5.75 Å². The lowest BCUT2D eigenvalue weighted by atomic mass is 10.2. The van der Waals surface area contributed by atoms with Gasteiger partial charge in [0.2, 0.25) is 0 Å². The SMILES string of the molecule is CC[C@@H](C)Oc1ccc(C=Nc2cc(Cl)ccc2C)cc1Cl. The van der Waals surface area contributed by atoms with E-state index in [1.165, 1.54) is 0 Å². The molecular formula is C18H19Cl2NO. The van der Waals surface area contributed by atoms with Crippen molar-refractivity contribution in [1.82, 2.24) is 0 Å². The van der Waals surface area contributed by atoms with Crippen LogP contribution in [0.3, 0.4) is 0 Å². The average Bonchev–Trinajstić information content (AvgIpc) is 2.50. The molecule has 0 aliphatic rings. The van der Waals surface area contributed by atoms with Crippen LogP contribution in [0.4, 0.5) is 5.69 Å². The van der Waals surface area contributed by atoms with Gasteiger partial charge < -0.3 is 4.74 Å². The maximum absolute atomic E-state index is 6.26. The normalized spacial score (nSPS) is 12.6. The summed E-state index contributed by atoms with van der Waals surface area (Å²) in [6.07, 6.45) is 2.86. The highest BCUT2D eigenvalue weighted by molar-refractivity contribution is 6.32. The molecule has 1 atom stereocenters. The van der Waals surface area contributed by atoms with Gasteiger partial charge in [0.1, 0.15) is 5.75 Å². The van der Waals surface area contributed by atoms with Gasteiger partial charge in [-0.2, -0.15) is 0 Å². The van der Waals surface area contributed by atoms with E-state index in [-0.39, 0.29) is 6.10 Å². The van der Waals surface area contributed by atoms with Crippen molar-refractivity contribution in [3.63, 3.8) is 0 Å². The van der Waals surface area contributed by atoms with Crippen LogP contribution in [0.15, 0.2) is 41.4 Å². The highest BCUT2D eigenvalue weighted by Crippen LogP contribution is 2.27. The first kappa shape index (κ1) is 16.9. The molecule has 0 heterocycles. The fraction of sp³-hybridized carbons (Fsp3) is 0.278. The first-order valence-corrected chi connectivity index (χ1v) is 8.01. The highest BCUT2D eigenvalue weighted by atomic mass is 35.5. The summed E-state index contributed by atoms with van der Waals surface area (Å²) >= 11 is 12.3. The molecule has 0 saturated carbocycles. The Morgan fingerprint density at radius 1 is 1.18 bits per heavy atom. The van der Waals surface area contributed by atoms with Gasteiger partial charge >= 0.3 is 0 Å². The Balaban J connectivity index is 2.18. The van der Waals surface area contributed by atoms with Crippen molar-refractivity contribution in [2.45, 2.75) is 33.3 Å². The third-order valence-electron chi connectivity index (χ3n) is 3.38. The standard InChI is InChI=1S/C18H19Cl2NO/c1-4-13(3)22-18-8-6-14(9-16(18)20)11-21-17-10-15(19)7-5-12(17)2/h5-11,13H,4H2,1-3H3/t13-/m1/s1. The Labute approximate surface area is 141 Å². The number of hydrogen-bond acceptors (Lipinski definition) is 2. The number of ether oxygens (including phenoxy) is 1. The molecule has 0 spiro atoms. The number of aliphatic imine (C=N–C) groups is 1. The van der Waals surface area contributed by atoms with Crippen LogP contribution >= 0.6 is 23.2 Å². The Hall–Kier alpha value is -1.51. The minimum absolute atomic E-state index is 0.145. The summed E-state index contributed by atoms with van der Waals surface area (Å²) < 4.78 is 5.75. The summed E-state index contributed by atoms with van der Waals surface area (Å²) in [6.45, 7) is 6.10. The van der Waals surface area contributed by atoms with Crippen molar-refractivity contribution in [3.05, 3.63) is 57.6 Å². The first-order valence-electron chi connectivity index (χ1n) is 7.26. The monoisotopic (exact) mass is 335 g/mol. The number of benzene rings is 2. The van der Waals surface area contributed by atoms with Crippen molar-refractivity contribution in [2.75, 3.05) is 0 Å². The van der Waals surface area contributed by atoms with Gasteiger partial charge in [0.15, 0.2) is 0 Å². The molecule has 0 radical (unpaired) electrons. The average molecular weight is 336 g/mol. The smallest absolute Gasteiger partial charge is 0.138 e. The quantitative estimate of drug-likeness (QED) is 0.593. The van der Waals surface area contributed by atoms with E-state index in [4.69, 9.17) is 27.9 Å². The molecule has 116 valence electrons. The van der Waals surface area contributed by atoms with Gasteiger partial charge in [0, 0.05) is 11.2 Å². The van der Waals surface area contributed by atoms with Crippen LogP contribution in [0.1, 0.15) is 31.4 Å². The molecule has 0 N–H and O–H groups in total. The van der Waals surface area contributed by atoms with Crippen LogP contribution in [0, 0.1) is 6.92 Å². The third kappa shape index (κ3) is 4.49. The second-order valence-corrected chi connectivity index (χ2v) is 6.06. The van der Waals surface area contributed by atoms with E-state index in [0.717, 1.165) is 23.2 Å². The fourth-order valence-corrected chi connectivity index (χ4v) is 2.26. The zero-order chi connectivity index (χ0) is 16.1. The summed E-state index contributed by atoms with van der Waals surface area (Å²) in [6, 6.07) is 11.3. The molecule has 2 aromatic rings. The predicted octanol–water partition coefficient (Wildman–Crippen LogP) is 6.23. The molecule has 0 aliphatic carbocycles. The number of aryl methyl sites for hydroxylation is 1. The molecular weight excluding hydrogens is 317 g/mol. The van der Waals surface area contributed by atoms with E-state index < -0.39 is 0 Å². The van der Waals surface area contributed by atoms with Gasteiger partial charge in [-0.3, -0.25) is 4.99 Å². The maximum Gasteiger partial charge on any atom is 0.138 e. The fourth-order valence-electron chi connectivity index (χ4n) is 1.86. The van der Waals surface area contributed by atoms with E-state index in [2.05, 4.69) is 11.9 Å². The molecule has 0 aliphatic heterocycles. The van der Waals surface area contributed by atoms with Crippen LogP contribution in [-0.4, -0.2) is 12.3 Å². The summed E-state index contributed by atoms with van der Waals surface area (Å²) in [4.78, 5) is 4.48. The van der Waals surface area contributed by atoms with Gasteiger partial charge in [0.25, 0.3) is 0 Å². The number of rotatable bonds is 5. The van der Waals surface area contributed by atoms with E-state index >= 15 is 0 Å². The zero-order valence-electron chi connectivity index (χ0n) is 12.9. The molecule has 0 amide bonds. The second-order valence-electron chi connectivity index (χ2n) is 5.22. The van der Waals surface area contributed by atoms with E-state index in [1.807, 2.05) is 50.2 Å². The third-order valence-corrected chi connectivity index (χ3v) is 3.91. The number of nitrogens with zero attached hydrogens (tertiary/aromatic N) is 1. The summed E-state index contributed by atoms with van der Waals surface area (Å²) in [5, 5.41) is 1.26. The maximum atomic E-state index is 6.26. The lowest BCUT2D eigenvalue weighted by Gasteiger charge is -2.13. The predicted molar refractivity (Wildman–Crippen MR) is 95.3 cm³/mol. The van der Waals surface area contributed by atoms with Gasteiger partial charge in [-0.1, -0.05) is 36.2 Å². The van der Waals surface area contributed by atoms with Gasteiger partial charge in [-0.25, -0.2) is 0 Å². The van der Waals surface area contributed by atoms with Gasteiger partial charge in [-0.15, -0.1) is 0 Å². The molecule has 0 unspecified atom stereocenters. The van der Waals surface area contributed by atoms with Crippen molar-refractivity contribution < 1.29 is 4.74 Å². The van der Waals surface area contributed by atoms with Crippen LogP contribution in [0.25, 0.3) is 0 Å². The molecule has 2 aromatic carbocycles.